The lowest BCUT2D eigenvalue weighted by Gasteiger charge is -2.23. The molecule has 2 heterocycles. The summed E-state index contributed by atoms with van der Waals surface area (Å²) >= 11 is 0. The average Bonchev–Trinajstić information content (AvgIpc) is 3.63. The lowest BCUT2D eigenvalue weighted by atomic mass is 9.84. The Hall–Kier alpha value is -3.60. The topological polar surface area (TPSA) is 109 Å². The number of nitriles is 2. The van der Waals surface area contributed by atoms with Crippen LogP contribution in [0.4, 0.5) is 0 Å². The Morgan fingerprint density at radius 3 is 1.32 bits per heavy atom. The molecular weight excluding hydrogens is 512 g/mol. The summed E-state index contributed by atoms with van der Waals surface area (Å²) in [6.07, 6.45) is 2.97. The molecule has 4 rings (SSSR count). The fourth-order valence-corrected chi connectivity index (χ4v) is 5.47. The first-order chi connectivity index (χ1) is 18.5. The van der Waals surface area contributed by atoms with Crippen molar-refractivity contribution in [3.05, 3.63) is 84.4 Å². The van der Waals surface area contributed by atoms with E-state index < -0.39 is 10.8 Å². The van der Waals surface area contributed by atoms with Crippen LogP contribution in [0.2, 0.25) is 0 Å². The Kier molecular flexibility index (Phi) is 12.1. The van der Waals surface area contributed by atoms with E-state index in [4.69, 9.17) is 0 Å². The maximum absolute atomic E-state index is 9.90. The maximum atomic E-state index is 9.90. The highest BCUT2D eigenvalue weighted by Crippen LogP contribution is 2.37. The Balaban J connectivity index is 0.00000121. The monoisotopic (exact) mass is 546 g/mol. The molecule has 0 saturated carbocycles. The van der Waals surface area contributed by atoms with Gasteiger partial charge in [0.15, 0.2) is 10.3 Å². The summed E-state index contributed by atoms with van der Waals surface area (Å²) in [5.41, 5.74) is 0.347. The predicted molar refractivity (Wildman–Crippen MR) is 153 cm³/mol. The van der Waals surface area contributed by atoms with E-state index >= 15 is 0 Å². The van der Waals surface area contributed by atoms with Gasteiger partial charge in [0.1, 0.15) is 12.7 Å². The van der Waals surface area contributed by atoms with Gasteiger partial charge in [-0.1, -0.05) is 88.4 Å². The molecule has 0 aliphatic rings. The van der Waals surface area contributed by atoms with Gasteiger partial charge in [-0.25, -0.2) is 19.3 Å². The second-order valence-electron chi connectivity index (χ2n) is 8.19. The van der Waals surface area contributed by atoms with Gasteiger partial charge in [-0.3, -0.25) is 0 Å². The summed E-state index contributed by atoms with van der Waals surface area (Å²) in [6, 6.07) is 24.2. The molecule has 0 aliphatic heterocycles. The first-order valence-corrected chi connectivity index (χ1v) is 14.7. The van der Waals surface area contributed by atoms with Crippen LogP contribution >= 0.6 is 21.6 Å². The fourth-order valence-electron chi connectivity index (χ4n) is 3.52. The van der Waals surface area contributed by atoms with Gasteiger partial charge in [0.05, 0.1) is 36.1 Å². The highest BCUT2D eigenvalue weighted by molar-refractivity contribution is 8.76. The van der Waals surface area contributed by atoms with Crippen LogP contribution in [0.3, 0.4) is 0 Å². The van der Waals surface area contributed by atoms with Gasteiger partial charge in [0.25, 0.3) is 0 Å². The molecule has 0 saturated heterocycles. The average molecular weight is 547 g/mol. The zero-order valence-corrected chi connectivity index (χ0v) is 24.4. The van der Waals surface area contributed by atoms with Gasteiger partial charge >= 0.3 is 0 Å². The van der Waals surface area contributed by atoms with Crippen molar-refractivity contribution in [3.8, 4) is 12.1 Å². The van der Waals surface area contributed by atoms with E-state index in [1.165, 1.54) is 34.2 Å². The molecular formula is C28H34N8S2. The maximum Gasteiger partial charge on any atom is 0.197 e. The van der Waals surface area contributed by atoms with Crippen LogP contribution in [-0.4, -0.2) is 29.5 Å². The molecule has 0 spiro atoms. The quantitative estimate of drug-likeness (QED) is 0.214. The van der Waals surface area contributed by atoms with E-state index in [9.17, 15) is 10.5 Å². The Morgan fingerprint density at radius 2 is 1.00 bits per heavy atom. The third-order valence-electron chi connectivity index (χ3n) is 5.60. The van der Waals surface area contributed by atoms with E-state index in [-0.39, 0.29) is 0 Å². The fraction of sp³-hybridized carbons (Fsp3) is 0.357. The molecule has 0 amide bonds. The molecule has 2 aromatic carbocycles. The zero-order chi connectivity index (χ0) is 28.0. The van der Waals surface area contributed by atoms with Gasteiger partial charge in [-0.2, -0.15) is 20.7 Å². The molecule has 38 heavy (non-hydrogen) atoms. The van der Waals surface area contributed by atoms with Crippen LogP contribution in [0, 0.1) is 22.7 Å². The lowest BCUT2D eigenvalue weighted by molar-refractivity contribution is 0.433. The predicted octanol–water partition coefficient (Wildman–Crippen LogP) is 6.68. The van der Waals surface area contributed by atoms with E-state index in [1.807, 2.05) is 102 Å². The molecule has 2 aromatic heterocycles. The number of rotatable bonds is 9. The number of hydrogen-bond acceptors (Lipinski definition) is 8. The molecule has 0 aliphatic carbocycles. The normalized spacial score (nSPS) is 13.3. The lowest BCUT2D eigenvalue weighted by Crippen LogP contribution is -2.27. The summed E-state index contributed by atoms with van der Waals surface area (Å²) in [5.74, 6) is 0. The van der Waals surface area contributed by atoms with Crippen LogP contribution in [-0.2, 0) is 23.9 Å². The number of benzene rings is 2. The molecule has 2 unspecified atom stereocenters. The van der Waals surface area contributed by atoms with Crippen LogP contribution in [0.1, 0.15) is 52.7 Å². The standard InChI is InChI=1S/C24H22N8S2.2C2H6/c1-23(13-25,19-9-5-3-6-10-19)15-31-21(27-17-29-31)33-34-22-28-18-30-32(22)16-24(2,14-26)20-11-7-4-8-12-20;2*1-2/h3-12,17-18H,15-16H2,1-2H3;2*1-2H3. The second kappa shape index (κ2) is 15.0. The first-order valence-electron chi connectivity index (χ1n) is 12.5. The second-order valence-corrected chi connectivity index (χ2v) is 10.3. The molecule has 0 bridgehead atoms. The van der Waals surface area contributed by atoms with E-state index in [0.717, 1.165) is 11.1 Å². The minimum absolute atomic E-state index is 0.365. The van der Waals surface area contributed by atoms with Crippen molar-refractivity contribution in [2.75, 3.05) is 0 Å². The summed E-state index contributed by atoms with van der Waals surface area (Å²) in [4.78, 5) is 8.74. The Morgan fingerprint density at radius 1 is 0.658 bits per heavy atom. The number of aromatic nitrogens is 6. The van der Waals surface area contributed by atoms with Crippen LogP contribution < -0.4 is 0 Å². The van der Waals surface area contributed by atoms with Crippen LogP contribution in [0.25, 0.3) is 0 Å². The Bertz CT molecular complexity index is 1220. The van der Waals surface area contributed by atoms with Crippen molar-refractivity contribution >= 4 is 21.6 Å². The van der Waals surface area contributed by atoms with Gasteiger partial charge in [-0.15, -0.1) is 0 Å². The van der Waals surface area contributed by atoms with E-state index in [0.29, 0.717) is 23.4 Å². The molecule has 0 fully saturated rings. The summed E-state index contributed by atoms with van der Waals surface area (Å²) in [6.45, 7) is 12.5. The minimum atomic E-state index is -0.751. The van der Waals surface area contributed by atoms with Crippen LogP contribution in [0.15, 0.2) is 83.6 Å². The molecule has 0 N–H and O–H groups in total. The molecule has 10 heteroatoms. The highest BCUT2D eigenvalue weighted by atomic mass is 33.1. The smallest absolute Gasteiger partial charge is 0.197 e. The SMILES string of the molecule is CC.CC.CC(C#N)(Cn1ncnc1SSc1ncnn1CC(C)(C#N)c1ccccc1)c1ccccc1. The summed E-state index contributed by atoms with van der Waals surface area (Å²) in [5, 5.41) is 29.8. The van der Waals surface area contributed by atoms with Crippen molar-refractivity contribution in [1.29, 1.82) is 10.5 Å². The van der Waals surface area contributed by atoms with E-state index in [2.05, 4.69) is 32.3 Å². The molecule has 2 atom stereocenters. The van der Waals surface area contributed by atoms with Crippen molar-refractivity contribution in [3.63, 3.8) is 0 Å². The summed E-state index contributed by atoms with van der Waals surface area (Å²) < 4.78 is 3.47. The molecule has 0 radical (unpaired) electrons. The van der Waals surface area contributed by atoms with Gasteiger partial charge in [-0.05, 0) is 46.6 Å². The highest BCUT2D eigenvalue weighted by Gasteiger charge is 2.30. The van der Waals surface area contributed by atoms with Crippen molar-refractivity contribution in [2.24, 2.45) is 0 Å². The van der Waals surface area contributed by atoms with Gasteiger partial charge < -0.3 is 0 Å². The first kappa shape index (κ1) is 30.6. The number of nitrogens with zero attached hydrogens (tertiary/aromatic N) is 8. The van der Waals surface area contributed by atoms with Crippen LogP contribution in [0.5, 0.6) is 0 Å². The third kappa shape index (κ3) is 7.47. The van der Waals surface area contributed by atoms with E-state index in [1.54, 1.807) is 9.36 Å². The number of hydrogen-bond donors (Lipinski definition) is 0. The molecule has 8 nitrogen and oxygen atoms in total. The molecule has 4 aromatic rings. The third-order valence-corrected chi connectivity index (χ3v) is 7.76. The Labute approximate surface area is 233 Å². The van der Waals surface area contributed by atoms with Crippen molar-refractivity contribution < 1.29 is 0 Å². The summed E-state index contributed by atoms with van der Waals surface area (Å²) in [7, 11) is 2.78. The van der Waals surface area contributed by atoms with Crippen molar-refractivity contribution in [1.82, 2.24) is 29.5 Å². The molecule has 198 valence electrons. The van der Waals surface area contributed by atoms with Gasteiger partial charge in [0.2, 0.25) is 0 Å². The minimum Gasteiger partial charge on any atom is -0.238 e. The largest absolute Gasteiger partial charge is 0.238 e. The van der Waals surface area contributed by atoms with Gasteiger partial charge in [0, 0.05) is 0 Å². The van der Waals surface area contributed by atoms with Crippen molar-refractivity contribution in [2.45, 2.75) is 75.8 Å². The zero-order valence-electron chi connectivity index (χ0n) is 22.7.